The second-order valence-corrected chi connectivity index (χ2v) is 5.65. The van der Waals surface area contributed by atoms with Gasteiger partial charge in [-0.05, 0) is 23.8 Å². The molecule has 2 heterocycles. The van der Waals surface area contributed by atoms with E-state index >= 15 is 0 Å². The fourth-order valence-corrected chi connectivity index (χ4v) is 3.37. The van der Waals surface area contributed by atoms with E-state index in [1.165, 1.54) is 0 Å². The van der Waals surface area contributed by atoms with Crippen molar-refractivity contribution in [3.63, 3.8) is 0 Å². The lowest BCUT2D eigenvalue weighted by atomic mass is 9.82. The van der Waals surface area contributed by atoms with Crippen molar-refractivity contribution >= 4 is 11.0 Å². The number of nitrogens with one attached hydrogen (secondary N) is 1. The Morgan fingerprint density at radius 1 is 0.696 bits per heavy atom. The Hall–Kier alpha value is -3.14. The van der Waals surface area contributed by atoms with Crippen LogP contribution in [0.25, 0.3) is 11.0 Å². The molecule has 1 aliphatic rings. The van der Waals surface area contributed by atoms with E-state index in [-0.39, 0.29) is 5.92 Å². The van der Waals surface area contributed by atoms with Gasteiger partial charge in [-0.25, -0.2) is 0 Å². The summed E-state index contributed by atoms with van der Waals surface area (Å²) in [6.45, 7) is 0. The third kappa shape index (κ3) is 1.78. The number of hydrogen-bond donors (Lipinski definition) is 1. The summed E-state index contributed by atoms with van der Waals surface area (Å²) in [5.41, 5.74) is 5.23. The number of fused-ring (bicyclic) bond motifs is 3. The molecular weight excluding hydrogens is 286 g/mol. The lowest BCUT2D eigenvalue weighted by Gasteiger charge is -2.28. The van der Waals surface area contributed by atoms with Crippen LogP contribution >= 0.6 is 0 Å². The van der Waals surface area contributed by atoms with Crippen molar-refractivity contribution in [1.82, 2.24) is 15.4 Å². The molecule has 0 atom stereocenters. The summed E-state index contributed by atoms with van der Waals surface area (Å²) >= 11 is 0. The van der Waals surface area contributed by atoms with Crippen LogP contribution in [0.5, 0.6) is 11.5 Å². The molecule has 0 fully saturated rings. The molecule has 4 nitrogen and oxygen atoms in total. The molecule has 0 amide bonds. The second kappa shape index (κ2) is 4.68. The Balaban J connectivity index is 1.84. The smallest absolute Gasteiger partial charge is 0.131 e. The van der Waals surface area contributed by atoms with Gasteiger partial charge in [0.15, 0.2) is 0 Å². The summed E-state index contributed by atoms with van der Waals surface area (Å²) < 4.78 is 6.08. The zero-order valence-corrected chi connectivity index (χ0v) is 12.2. The van der Waals surface area contributed by atoms with Crippen LogP contribution in [0.2, 0.25) is 0 Å². The van der Waals surface area contributed by atoms with Crippen LogP contribution in [0.1, 0.15) is 22.6 Å². The van der Waals surface area contributed by atoms with E-state index in [1.54, 1.807) is 0 Å². The molecule has 0 aliphatic carbocycles. The molecule has 1 aliphatic heterocycles. The number of para-hydroxylation sites is 3. The van der Waals surface area contributed by atoms with Crippen molar-refractivity contribution < 1.29 is 4.74 Å². The Morgan fingerprint density at radius 2 is 1.35 bits per heavy atom. The highest BCUT2D eigenvalue weighted by Crippen LogP contribution is 2.47. The van der Waals surface area contributed by atoms with Gasteiger partial charge in [0.2, 0.25) is 0 Å². The van der Waals surface area contributed by atoms with Crippen molar-refractivity contribution in [3.05, 3.63) is 83.4 Å². The molecule has 0 saturated carbocycles. The summed E-state index contributed by atoms with van der Waals surface area (Å²) in [6.07, 6.45) is 0. The van der Waals surface area contributed by atoms with Gasteiger partial charge in [0.05, 0.1) is 0 Å². The maximum Gasteiger partial charge on any atom is 0.131 e. The van der Waals surface area contributed by atoms with E-state index in [0.29, 0.717) is 0 Å². The van der Waals surface area contributed by atoms with Crippen LogP contribution < -0.4 is 4.74 Å². The lowest BCUT2D eigenvalue weighted by molar-refractivity contribution is 0.453. The number of hydrogen-bond acceptors (Lipinski definition) is 3. The van der Waals surface area contributed by atoms with Crippen molar-refractivity contribution in [2.24, 2.45) is 0 Å². The average Bonchev–Trinajstić information content (AvgIpc) is 3.08. The number of aromatic amines is 1. The standard InChI is InChI=1S/C19H13N3O/c1-3-10-16-12(6-1)18(13-7-2-4-11-17(13)23-16)14-8-5-9-15-19(14)21-22-20-15/h1-11,18H,(H,20,21,22). The number of aromatic nitrogens is 3. The molecular formula is C19H13N3O. The van der Waals surface area contributed by atoms with Crippen LogP contribution in [-0.4, -0.2) is 15.4 Å². The minimum atomic E-state index is 0.0879. The van der Waals surface area contributed by atoms with Crippen LogP contribution in [-0.2, 0) is 0 Å². The highest BCUT2D eigenvalue weighted by molar-refractivity contribution is 5.80. The molecule has 3 aromatic carbocycles. The van der Waals surface area contributed by atoms with Crippen LogP contribution in [0.15, 0.2) is 66.7 Å². The SMILES string of the molecule is c1ccc2c(c1)Oc1ccccc1C2c1cccc2n[nH]nc12. The monoisotopic (exact) mass is 299 g/mol. The maximum absolute atomic E-state index is 6.08. The van der Waals surface area contributed by atoms with Crippen molar-refractivity contribution in [1.29, 1.82) is 0 Å². The van der Waals surface area contributed by atoms with Crippen LogP contribution in [0.4, 0.5) is 0 Å². The van der Waals surface area contributed by atoms with Gasteiger partial charge in [0.1, 0.15) is 22.5 Å². The van der Waals surface area contributed by atoms with Crippen LogP contribution in [0, 0.1) is 0 Å². The molecule has 0 unspecified atom stereocenters. The normalized spacial score (nSPS) is 13.4. The third-order valence-electron chi connectivity index (χ3n) is 4.37. The highest BCUT2D eigenvalue weighted by Gasteiger charge is 2.29. The number of rotatable bonds is 1. The predicted octanol–water partition coefficient (Wildman–Crippen LogP) is 4.24. The van der Waals surface area contributed by atoms with Crippen molar-refractivity contribution in [2.75, 3.05) is 0 Å². The highest BCUT2D eigenvalue weighted by atomic mass is 16.5. The number of nitrogens with zero attached hydrogens (tertiary/aromatic N) is 2. The summed E-state index contributed by atoms with van der Waals surface area (Å²) in [4.78, 5) is 0. The molecule has 1 aromatic heterocycles. The first-order valence-electron chi connectivity index (χ1n) is 7.57. The second-order valence-electron chi connectivity index (χ2n) is 5.65. The van der Waals surface area contributed by atoms with Crippen molar-refractivity contribution in [2.45, 2.75) is 5.92 Å². The van der Waals surface area contributed by atoms with E-state index in [2.05, 4.69) is 33.6 Å². The van der Waals surface area contributed by atoms with Gasteiger partial charge >= 0.3 is 0 Å². The zero-order chi connectivity index (χ0) is 15.2. The van der Waals surface area contributed by atoms with E-state index in [4.69, 9.17) is 4.74 Å². The first kappa shape index (κ1) is 12.4. The quantitative estimate of drug-likeness (QED) is 0.503. The van der Waals surface area contributed by atoms with E-state index in [1.807, 2.05) is 48.5 Å². The summed E-state index contributed by atoms with van der Waals surface area (Å²) in [5.74, 6) is 1.89. The third-order valence-corrected chi connectivity index (χ3v) is 4.37. The van der Waals surface area contributed by atoms with Gasteiger partial charge in [-0.3, -0.25) is 0 Å². The largest absolute Gasteiger partial charge is 0.457 e. The Kier molecular flexibility index (Phi) is 2.52. The number of benzene rings is 3. The predicted molar refractivity (Wildman–Crippen MR) is 87.8 cm³/mol. The Morgan fingerprint density at radius 3 is 2.09 bits per heavy atom. The molecule has 4 aromatic rings. The molecule has 23 heavy (non-hydrogen) atoms. The minimum absolute atomic E-state index is 0.0879. The van der Waals surface area contributed by atoms with Gasteiger partial charge < -0.3 is 4.74 Å². The molecule has 4 heteroatoms. The number of ether oxygens (including phenoxy) is 1. The topological polar surface area (TPSA) is 50.8 Å². The first-order chi connectivity index (χ1) is 11.4. The number of H-pyrrole nitrogens is 1. The fourth-order valence-electron chi connectivity index (χ4n) is 3.37. The van der Waals surface area contributed by atoms with Gasteiger partial charge in [-0.2, -0.15) is 15.4 Å². The zero-order valence-electron chi connectivity index (χ0n) is 12.2. The summed E-state index contributed by atoms with van der Waals surface area (Å²) in [7, 11) is 0. The van der Waals surface area contributed by atoms with E-state index in [9.17, 15) is 0 Å². The molecule has 1 N–H and O–H groups in total. The molecule has 0 bridgehead atoms. The molecule has 0 saturated heterocycles. The minimum Gasteiger partial charge on any atom is -0.457 e. The summed E-state index contributed by atoms with van der Waals surface area (Å²) in [5, 5.41) is 11.3. The van der Waals surface area contributed by atoms with E-state index < -0.39 is 0 Å². The maximum atomic E-state index is 6.08. The van der Waals surface area contributed by atoms with Crippen molar-refractivity contribution in [3.8, 4) is 11.5 Å². The lowest BCUT2D eigenvalue weighted by Crippen LogP contribution is -2.11. The Bertz CT molecular complexity index is 976. The van der Waals surface area contributed by atoms with E-state index in [0.717, 1.165) is 39.2 Å². The molecule has 0 radical (unpaired) electrons. The van der Waals surface area contributed by atoms with Gasteiger partial charge in [-0.15, -0.1) is 0 Å². The molecule has 0 spiro atoms. The Labute approximate surface area is 132 Å². The van der Waals surface area contributed by atoms with Crippen LogP contribution in [0.3, 0.4) is 0 Å². The average molecular weight is 299 g/mol. The van der Waals surface area contributed by atoms with Gasteiger partial charge in [0.25, 0.3) is 0 Å². The van der Waals surface area contributed by atoms with Gasteiger partial charge in [-0.1, -0.05) is 48.5 Å². The molecule has 110 valence electrons. The first-order valence-corrected chi connectivity index (χ1v) is 7.57. The molecule has 5 rings (SSSR count). The fraction of sp³-hybridized carbons (Fsp3) is 0.0526. The summed E-state index contributed by atoms with van der Waals surface area (Å²) in [6, 6.07) is 22.5. The van der Waals surface area contributed by atoms with Gasteiger partial charge in [0, 0.05) is 17.0 Å².